The van der Waals surface area contributed by atoms with Gasteiger partial charge in [-0.1, -0.05) is 91.0 Å². The summed E-state index contributed by atoms with van der Waals surface area (Å²) in [6, 6.07) is 30.1. The summed E-state index contributed by atoms with van der Waals surface area (Å²) in [5.41, 5.74) is 1.88. The SMILES string of the molecule is COC1C=CC(OC)(C(O)C(C)OC(c2ccccc2)(c2ccccc2)c2ccccc2)O1. The van der Waals surface area contributed by atoms with Gasteiger partial charge < -0.3 is 24.1 Å². The van der Waals surface area contributed by atoms with Gasteiger partial charge in [0.2, 0.25) is 5.79 Å². The van der Waals surface area contributed by atoms with Crippen LogP contribution in [0.15, 0.2) is 103 Å². The van der Waals surface area contributed by atoms with Crippen LogP contribution in [0.3, 0.4) is 0 Å². The molecule has 4 atom stereocenters. The van der Waals surface area contributed by atoms with Crippen molar-refractivity contribution in [3.05, 3.63) is 120 Å². The summed E-state index contributed by atoms with van der Waals surface area (Å²) >= 11 is 0. The number of hydrogen-bond acceptors (Lipinski definition) is 5. The third kappa shape index (κ3) is 4.38. The highest BCUT2D eigenvalue weighted by molar-refractivity contribution is 5.47. The maximum absolute atomic E-state index is 11.4. The highest BCUT2D eigenvalue weighted by Crippen LogP contribution is 2.43. The van der Waals surface area contributed by atoms with E-state index in [1.165, 1.54) is 14.2 Å². The molecule has 33 heavy (non-hydrogen) atoms. The van der Waals surface area contributed by atoms with Crippen molar-refractivity contribution < 1.29 is 24.1 Å². The van der Waals surface area contributed by atoms with E-state index in [1.807, 2.05) is 97.9 Å². The number of aliphatic hydroxyl groups excluding tert-OH is 1. The Labute approximate surface area is 195 Å². The number of rotatable bonds is 9. The lowest BCUT2D eigenvalue weighted by Gasteiger charge is -2.42. The molecule has 3 aromatic rings. The predicted octanol–water partition coefficient (Wildman–Crippen LogP) is 4.65. The highest BCUT2D eigenvalue weighted by Gasteiger charge is 2.49. The molecule has 1 N–H and O–H groups in total. The van der Waals surface area contributed by atoms with Crippen LogP contribution in [-0.2, 0) is 24.5 Å². The third-order valence-electron chi connectivity index (χ3n) is 6.10. The van der Waals surface area contributed by atoms with Crippen molar-refractivity contribution in [2.24, 2.45) is 0 Å². The monoisotopic (exact) mass is 446 g/mol. The summed E-state index contributed by atoms with van der Waals surface area (Å²) in [4.78, 5) is 0. The van der Waals surface area contributed by atoms with E-state index < -0.39 is 29.9 Å². The van der Waals surface area contributed by atoms with Gasteiger partial charge in [-0.3, -0.25) is 0 Å². The molecule has 1 heterocycles. The Morgan fingerprint density at radius 3 is 1.64 bits per heavy atom. The van der Waals surface area contributed by atoms with Crippen LogP contribution in [0.2, 0.25) is 0 Å². The van der Waals surface area contributed by atoms with Crippen molar-refractivity contribution in [3.8, 4) is 0 Å². The largest absolute Gasteiger partial charge is 0.384 e. The fourth-order valence-corrected chi connectivity index (χ4v) is 4.40. The van der Waals surface area contributed by atoms with E-state index in [2.05, 4.69) is 0 Å². The zero-order valence-corrected chi connectivity index (χ0v) is 19.1. The molecule has 0 amide bonds. The Morgan fingerprint density at radius 1 is 0.818 bits per heavy atom. The van der Waals surface area contributed by atoms with Crippen molar-refractivity contribution in [3.63, 3.8) is 0 Å². The van der Waals surface area contributed by atoms with Crippen LogP contribution < -0.4 is 0 Å². The molecule has 0 fully saturated rings. The van der Waals surface area contributed by atoms with E-state index in [-0.39, 0.29) is 0 Å². The molecule has 0 radical (unpaired) electrons. The summed E-state index contributed by atoms with van der Waals surface area (Å²) in [6.45, 7) is 1.83. The first-order valence-electron chi connectivity index (χ1n) is 11.0. The minimum absolute atomic E-state index is 0.603. The van der Waals surface area contributed by atoms with Gasteiger partial charge in [0, 0.05) is 14.2 Å². The molecule has 0 aliphatic carbocycles. The van der Waals surface area contributed by atoms with Crippen molar-refractivity contribution in [1.82, 2.24) is 0 Å². The molecule has 0 saturated heterocycles. The van der Waals surface area contributed by atoms with Gasteiger partial charge >= 0.3 is 0 Å². The number of hydrogen-bond donors (Lipinski definition) is 1. The molecule has 4 rings (SSSR count). The smallest absolute Gasteiger partial charge is 0.219 e. The Hall–Kier alpha value is -2.80. The molecule has 5 heteroatoms. The van der Waals surface area contributed by atoms with Gasteiger partial charge in [-0.2, -0.15) is 0 Å². The van der Waals surface area contributed by atoms with E-state index in [0.29, 0.717) is 0 Å². The number of benzene rings is 3. The maximum atomic E-state index is 11.4. The lowest BCUT2D eigenvalue weighted by molar-refractivity contribution is -0.297. The summed E-state index contributed by atoms with van der Waals surface area (Å²) in [5.74, 6) is -1.38. The van der Waals surface area contributed by atoms with Gasteiger partial charge in [-0.15, -0.1) is 0 Å². The second kappa shape index (κ2) is 10.00. The average Bonchev–Trinajstić information content (AvgIpc) is 3.33. The van der Waals surface area contributed by atoms with Crippen molar-refractivity contribution in [2.45, 2.75) is 36.8 Å². The molecule has 0 saturated carbocycles. The number of methoxy groups -OCH3 is 2. The lowest BCUT2D eigenvalue weighted by Crippen LogP contribution is -2.52. The average molecular weight is 447 g/mol. The first kappa shape index (κ1) is 23.4. The fourth-order valence-electron chi connectivity index (χ4n) is 4.40. The summed E-state index contributed by atoms with van der Waals surface area (Å²) in [7, 11) is 3.04. The van der Waals surface area contributed by atoms with Crippen molar-refractivity contribution in [1.29, 1.82) is 0 Å². The molecule has 1 aliphatic heterocycles. The summed E-state index contributed by atoms with van der Waals surface area (Å²) < 4.78 is 23.7. The van der Waals surface area contributed by atoms with Crippen LogP contribution in [0, 0.1) is 0 Å². The zero-order valence-electron chi connectivity index (χ0n) is 19.1. The molecule has 4 unspecified atom stereocenters. The van der Waals surface area contributed by atoms with E-state index in [9.17, 15) is 5.11 Å². The topological polar surface area (TPSA) is 57.2 Å². The minimum Gasteiger partial charge on any atom is -0.384 e. The Kier molecular flexibility index (Phi) is 7.08. The Bertz CT molecular complexity index is 941. The first-order valence-corrected chi connectivity index (χ1v) is 11.0. The highest BCUT2D eigenvalue weighted by atomic mass is 16.8. The molecule has 0 aromatic heterocycles. The molecule has 0 spiro atoms. The summed E-state index contributed by atoms with van der Waals surface area (Å²) in [6.07, 6.45) is 0.980. The molecule has 3 aromatic carbocycles. The zero-order chi connectivity index (χ0) is 23.3. The summed E-state index contributed by atoms with van der Waals surface area (Å²) in [5, 5.41) is 11.4. The molecular formula is C28H30O5. The van der Waals surface area contributed by atoms with E-state index in [4.69, 9.17) is 18.9 Å². The van der Waals surface area contributed by atoms with Gasteiger partial charge in [-0.25, -0.2) is 0 Å². The van der Waals surface area contributed by atoms with Gasteiger partial charge in [0.1, 0.15) is 11.7 Å². The number of aliphatic hydroxyl groups is 1. The van der Waals surface area contributed by atoms with Crippen LogP contribution >= 0.6 is 0 Å². The van der Waals surface area contributed by atoms with Gasteiger partial charge in [0.05, 0.1) is 6.10 Å². The molecular weight excluding hydrogens is 416 g/mol. The van der Waals surface area contributed by atoms with Crippen LogP contribution in [0.4, 0.5) is 0 Å². The third-order valence-corrected chi connectivity index (χ3v) is 6.10. The fraction of sp³-hybridized carbons (Fsp3) is 0.286. The van der Waals surface area contributed by atoms with Gasteiger partial charge in [0.25, 0.3) is 0 Å². The van der Waals surface area contributed by atoms with Gasteiger partial charge in [-0.05, 0) is 35.8 Å². The Balaban J connectivity index is 1.81. The quantitative estimate of drug-likeness (QED) is 0.383. The van der Waals surface area contributed by atoms with Crippen molar-refractivity contribution in [2.75, 3.05) is 14.2 Å². The second-order valence-electron chi connectivity index (χ2n) is 8.05. The molecule has 172 valence electrons. The first-order chi connectivity index (χ1) is 16.1. The minimum atomic E-state index is -1.38. The molecule has 0 bridgehead atoms. The standard InChI is InChI=1S/C28H30O5/c1-21(26(29)27(31-3)20-19-25(30-2)33-27)32-28(22-13-7-4-8-14-22,23-15-9-5-10-16-23)24-17-11-6-12-18-24/h4-21,25-26,29H,1-3H3. The molecule has 1 aliphatic rings. The number of ether oxygens (including phenoxy) is 4. The van der Waals surface area contributed by atoms with E-state index in [1.54, 1.807) is 12.2 Å². The van der Waals surface area contributed by atoms with Gasteiger partial charge in [0.15, 0.2) is 6.29 Å². The predicted molar refractivity (Wildman–Crippen MR) is 127 cm³/mol. The van der Waals surface area contributed by atoms with Crippen LogP contribution in [0.5, 0.6) is 0 Å². The van der Waals surface area contributed by atoms with Crippen LogP contribution in [0.25, 0.3) is 0 Å². The van der Waals surface area contributed by atoms with E-state index >= 15 is 0 Å². The maximum Gasteiger partial charge on any atom is 0.219 e. The second-order valence-corrected chi connectivity index (χ2v) is 8.05. The lowest BCUT2D eigenvalue weighted by atomic mass is 9.79. The van der Waals surface area contributed by atoms with Crippen LogP contribution in [-0.4, -0.2) is 43.6 Å². The normalized spacial score (nSPS) is 22.2. The van der Waals surface area contributed by atoms with E-state index in [0.717, 1.165) is 16.7 Å². The molecule has 5 nitrogen and oxygen atoms in total. The van der Waals surface area contributed by atoms with Crippen LogP contribution in [0.1, 0.15) is 23.6 Å². The van der Waals surface area contributed by atoms with Crippen molar-refractivity contribution >= 4 is 0 Å². The Morgan fingerprint density at radius 2 is 1.27 bits per heavy atom.